The van der Waals surface area contributed by atoms with Crippen LogP contribution < -0.4 is 5.56 Å². The summed E-state index contributed by atoms with van der Waals surface area (Å²) in [6, 6.07) is 1.74. The molecule has 0 fully saturated rings. The molecule has 16 heavy (non-hydrogen) atoms. The van der Waals surface area contributed by atoms with E-state index in [1.807, 2.05) is 0 Å². The zero-order chi connectivity index (χ0) is 11.8. The Kier molecular flexibility index (Phi) is 2.88. The largest absolute Gasteiger partial charge is 0.312 e. The third-order valence-corrected chi connectivity index (χ3v) is 4.02. The molecule has 0 bridgehead atoms. The summed E-state index contributed by atoms with van der Waals surface area (Å²) in [7, 11) is 0. The molecule has 0 N–H and O–H groups in total. The van der Waals surface area contributed by atoms with Gasteiger partial charge in [-0.2, -0.15) is 5.10 Å². The summed E-state index contributed by atoms with van der Waals surface area (Å²) in [6.07, 6.45) is 5.23. The van der Waals surface area contributed by atoms with Gasteiger partial charge in [0.15, 0.2) is 0 Å². The third-order valence-electron chi connectivity index (χ3n) is 2.50. The lowest BCUT2D eigenvalue weighted by molar-refractivity contribution is 0.349. The van der Waals surface area contributed by atoms with Crippen molar-refractivity contribution in [1.29, 1.82) is 0 Å². The minimum Gasteiger partial charge on any atom is -0.312 e. The molecule has 5 heteroatoms. The van der Waals surface area contributed by atoms with Crippen molar-refractivity contribution >= 4 is 21.4 Å². The van der Waals surface area contributed by atoms with Gasteiger partial charge in [-0.05, 0) is 11.5 Å². The minimum absolute atomic E-state index is 0.00836. The normalized spacial score (nSPS) is 12.2. The van der Waals surface area contributed by atoms with E-state index in [0.29, 0.717) is 12.1 Å². The second-order valence-electron chi connectivity index (χ2n) is 4.69. The van der Waals surface area contributed by atoms with E-state index >= 15 is 0 Å². The van der Waals surface area contributed by atoms with Crippen LogP contribution in [0.4, 0.5) is 0 Å². The van der Waals surface area contributed by atoms with Gasteiger partial charge in [0.25, 0.3) is 5.56 Å². The van der Waals surface area contributed by atoms with Crippen LogP contribution in [0.1, 0.15) is 13.8 Å². The first-order valence-corrected chi connectivity index (χ1v) is 6.24. The fourth-order valence-corrected chi connectivity index (χ4v) is 1.77. The van der Waals surface area contributed by atoms with Crippen LogP contribution in [0.5, 0.6) is 0 Å². The van der Waals surface area contributed by atoms with Crippen LogP contribution in [0.3, 0.4) is 0 Å². The van der Waals surface area contributed by atoms with Crippen LogP contribution in [0.2, 0.25) is 0 Å². The van der Waals surface area contributed by atoms with E-state index in [9.17, 15) is 4.79 Å². The Morgan fingerprint density at radius 1 is 1.44 bits per heavy atom. The maximum Gasteiger partial charge on any atom is 0.276 e. The Morgan fingerprint density at radius 3 is 2.88 bits per heavy atom. The Balaban J connectivity index is 2.46. The van der Waals surface area contributed by atoms with E-state index in [-0.39, 0.29) is 11.0 Å². The number of alkyl halides is 1. The number of aromatic nitrogens is 3. The van der Waals surface area contributed by atoms with Crippen molar-refractivity contribution in [3.8, 4) is 0 Å². The molecule has 4 nitrogen and oxygen atoms in total. The molecule has 0 spiro atoms. The minimum atomic E-state index is 0.00836. The van der Waals surface area contributed by atoms with Crippen LogP contribution in [-0.2, 0) is 6.54 Å². The van der Waals surface area contributed by atoms with E-state index in [1.165, 1.54) is 0 Å². The second kappa shape index (κ2) is 4.05. The smallest absolute Gasteiger partial charge is 0.276 e. The fraction of sp³-hybridized carbons (Fsp3) is 0.455. The summed E-state index contributed by atoms with van der Waals surface area (Å²) in [6.45, 7) is 4.93. The number of rotatable bonds is 3. The highest BCUT2D eigenvalue weighted by molar-refractivity contribution is 9.09. The van der Waals surface area contributed by atoms with Gasteiger partial charge in [-0.25, -0.2) is 4.52 Å². The van der Waals surface area contributed by atoms with Crippen LogP contribution >= 0.6 is 15.9 Å². The number of hydrogen-bond acceptors (Lipinski definition) is 2. The summed E-state index contributed by atoms with van der Waals surface area (Å²) >= 11 is 3.46. The summed E-state index contributed by atoms with van der Waals surface area (Å²) in [4.78, 5) is 12.1. The predicted octanol–water partition coefficient (Wildman–Crippen LogP) is 1.92. The Bertz CT molecular complexity index is 556. The predicted molar refractivity (Wildman–Crippen MR) is 67.0 cm³/mol. The standard InChI is InChI=1S/C11H14BrN3O/c1-11(2,7-12)8-14-5-6-15-9(10(14)16)3-4-13-15/h3-6H,7-8H2,1-2H3. The second-order valence-corrected chi connectivity index (χ2v) is 5.25. The Morgan fingerprint density at radius 2 is 2.19 bits per heavy atom. The van der Waals surface area contributed by atoms with Crippen LogP contribution in [0, 0.1) is 5.41 Å². The summed E-state index contributed by atoms with van der Waals surface area (Å²) in [5.41, 5.74) is 0.684. The molecule has 0 atom stereocenters. The van der Waals surface area contributed by atoms with Crippen molar-refractivity contribution in [3.05, 3.63) is 35.0 Å². The van der Waals surface area contributed by atoms with Gasteiger partial charge in [0.1, 0.15) is 5.52 Å². The highest BCUT2D eigenvalue weighted by Crippen LogP contribution is 2.19. The van der Waals surface area contributed by atoms with E-state index in [1.54, 1.807) is 33.7 Å². The molecule has 0 aliphatic heterocycles. The molecular formula is C11H14BrN3O. The van der Waals surface area contributed by atoms with E-state index in [4.69, 9.17) is 0 Å². The lowest BCUT2D eigenvalue weighted by atomic mass is 9.97. The van der Waals surface area contributed by atoms with Crippen molar-refractivity contribution in [2.24, 2.45) is 5.41 Å². The Hall–Kier alpha value is -1.10. The first-order valence-electron chi connectivity index (χ1n) is 5.12. The fourth-order valence-electron chi connectivity index (χ4n) is 1.59. The van der Waals surface area contributed by atoms with Crippen molar-refractivity contribution in [1.82, 2.24) is 14.2 Å². The van der Waals surface area contributed by atoms with Crippen molar-refractivity contribution in [3.63, 3.8) is 0 Å². The topological polar surface area (TPSA) is 39.3 Å². The van der Waals surface area contributed by atoms with Crippen molar-refractivity contribution in [2.45, 2.75) is 20.4 Å². The van der Waals surface area contributed by atoms with Gasteiger partial charge in [0, 0.05) is 24.3 Å². The first kappa shape index (κ1) is 11.4. The van der Waals surface area contributed by atoms with Gasteiger partial charge in [-0.1, -0.05) is 29.8 Å². The summed E-state index contributed by atoms with van der Waals surface area (Å²) in [5, 5.41) is 4.89. The van der Waals surface area contributed by atoms with Gasteiger partial charge in [0.05, 0.1) is 6.20 Å². The lowest BCUT2D eigenvalue weighted by Gasteiger charge is -2.22. The molecule has 2 rings (SSSR count). The number of fused-ring (bicyclic) bond motifs is 1. The molecule has 0 aliphatic rings. The molecular weight excluding hydrogens is 270 g/mol. The van der Waals surface area contributed by atoms with Crippen LogP contribution in [0.25, 0.3) is 5.52 Å². The highest BCUT2D eigenvalue weighted by atomic mass is 79.9. The zero-order valence-electron chi connectivity index (χ0n) is 9.35. The zero-order valence-corrected chi connectivity index (χ0v) is 10.9. The van der Waals surface area contributed by atoms with Gasteiger partial charge in [-0.3, -0.25) is 4.79 Å². The summed E-state index contributed by atoms with van der Waals surface area (Å²) < 4.78 is 3.33. The van der Waals surface area contributed by atoms with Gasteiger partial charge in [0.2, 0.25) is 0 Å². The molecule has 0 radical (unpaired) electrons. The molecule has 0 saturated heterocycles. The number of hydrogen-bond donors (Lipinski definition) is 0. The van der Waals surface area contributed by atoms with Crippen LogP contribution in [-0.4, -0.2) is 19.5 Å². The molecule has 86 valence electrons. The average molecular weight is 284 g/mol. The molecule has 0 aromatic carbocycles. The third kappa shape index (κ3) is 2.04. The van der Waals surface area contributed by atoms with E-state index < -0.39 is 0 Å². The number of nitrogens with zero attached hydrogens (tertiary/aromatic N) is 3. The SMILES string of the molecule is CC(C)(CBr)Cn1ccn2nccc2c1=O. The number of halogens is 1. The molecule has 0 aliphatic carbocycles. The van der Waals surface area contributed by atoms with Crippen LogP contribution in [0.15, 0.2) is 29.5 Å². The van der Waals surface area contributed by atoms with Crippen molar-refractivity contribution in [2.75, 3.05) is 5.33 Å². The van der Waals surface area contributed by atoms with E-state index in [2.05, 4.69) is 34.9 Å². The summed E-state index contributed by atoms with van der Waals surface area (Å²) in [5.74, 6) is 0. The maximum atomic E-state index is 12.1. The van der Waals surface area contributed by atoms with Crippen molar-refractivity contribution < 1.29 is 0 Å². The molecule has 0 amide bonds. The lowest BCUT2D eigenvalue weighted by Crippen LogP contribution is -2.29. The maximum absolute atomic E-state index is 12.1. The molecule has 0 saturated carbocycles. The van der Waals surface area contributed by atoms with E-state index in [0.717, 1.165) is 5.33 Å². The van der Waals surface area contributed by atoms with Gasteiger partial charge < -0.3 is 4.57 Å². The molecule has 2 aromatic rings. The molecule has 0 unspecified atom stereocenters. The van der Waals surface area contributed by atoms with Gasteiger partial charge in [-0.15, -0.1) is 0 Å². The van der Waals surface area contributed by atoms with Gasteiger partial charge >= 0.3 is 0 Å². The molecule has 2 heterocycles. The molecule has 2 aromatic heterocycles. The average Bonchev–Trinajstić information content (AvgIpc) is 2.71. The quantitative estimate of drug-likeness (QED) is 0.808. The first-order chi connectivity index (χ1) is 7.53. The Labute approximate surface area is 102 Å². The highest BCUT2D eigenvalue weighted by Gasteiger charge is 2.18. The monoisotopic (exact) mass is 283 g/mol.